The summed E-state index contributed by atoms with van der Waals surface area (Å²) in [6.07, 6.45) is 2.47. The highest BCUT2D eigenvalue weighted by molar-refractivity contribution is 5.75. The monoisotopic (exact) mass is 278 g/mol. The van der Waals surface area contributed by atoms with Crippen LogP contribution >= 0.6 is 0 Å². The van der Waals surface area contributed by atoms with Crippen LogP contribution in [0.3, 0.4) is 0 Å². The van der Waals surface area contributed by atoms with Crippen LogP contribution in [0.2, 0.25) is 0 Å². The molecule has 0 radical (unpaired) electrons. The lowest BCUT2D eigenvalue weighted by molar-refractivity contribution is -0.117. The van der Waals surface area contributed by atoms with E-state index in [9.17, 15) is 4.79 Å². The van der Waals surface area contributed by atoms with Crippen molar-refractivity contribution in [1.29, 1.82) is 0 Å². The lowest BCUT2D eigenvalue weighted by Crippen LogP contribution is -2.05. The maximum Gasteiger partial charge on any atom is 0.129 e. The fraction of sp³-hybridized carbons (Fsp3) is 0.588. The van der Waals surface area contributed by atoms with E-state index in [4.69, 9.17) is 9.47 Å². The molecule has 1 aromatic rings. The van der Waals surface area contributed by atoms with Gasteiger partial charge in [0.05, 0.1) is 13.2 Å². The van der Waals surface area contributed by atoms with E-state index in [1.807, 2.05) is 26.0 Å². The van der Waals surface area contributed by atoms with Crippen LogP contribution in [0.15, 0.2) is 18.2 Å². The Bertz CT molecular complexity index is 426. The van der Waals surface area contributed by atoms with Gasteiger partial charge in [0.2, 0.25) is 0 Å². The van der Waals surface area contributed by atoms with E-state index in [2.05, 4.69) is 13.0 Å². The average Bonchev–Trinajstić information content (AvgIpc) is 2.42. The van der Waals surface area contributed by atoms with E-state index in [1.165, 1.54) is 0 Å². The highest BCUT2D eigenvalue weighted by atomic mass is 16.5. The SMILES string of the molecule is CCOc1ccc(OCC)c(C(CC)CCC(C)=O)c1. The van der Waals surface area contributed by atoms with Crippen LogP contribution in [0.25, 0.3) is 0 Å². The fourth-order valence-corrected chi connectivity index (χ4v) is 2.35. The van der Waals surface area contributed by atoms with Crippen molar-refractivity contribution in [2.45, 2.75) is 52.9 Å². The predicted octanol–water partition coefficient (Wildman–Crippen LogP) is 4.35. The van der Waals surface area contributed by atoms with Gasteiger partial charge in [0.1, 0.15) is 17.3 Å². The van der Waals surface area contributed by atoms with Gasteiger partial charge in [0.25, 0.3) is 0 Å². The molecule has 0 saturated carbocycles. The third-order valence-electron chi connectivity index (χ3n) is 3.37. The Hall–Kier alpha value is -1.51. The van der Waals surface area contributed by atoms with Crippen LogP contribution < -0.4 is 9.47 Å². The summed E-state index contributed by atoms with van der Waals surface area (Å²) in [4.78, 5) is 11.2. The average molecular weight is 278 g/mol. The number of ether oxygens (including phenoxy) is 2. The molecule has 1 rings (SSSR count). The summed E-state index contributed by atoms with van der Waals surface area (Å²) < 4.78 is 11.3. The molecule has 0 aliphatic carbocycles. The first-order chi connectivity index (χ1) is 9.62. The highest BCUT2D eigenvalue weighted by Gasteiger charge is 2.16. The maximum atomic E-state index is 11.2. The van der Waals surface area contributed by atoms with Crippen molar-refractivity contribution >= 4 is 5.78 Å². The number of carbonyl (C=O) groups excluding carboxylic acids is 1. The van der Waals surface area contributed by atoms with Crippen molar-refractivity contribution in [3.8, 4) is 11.5 Å². The Morgan fingerprint density at radius 1 is 1.15 bits per heavy atom. The molecule has 112 valence electrons. The zero-order valence-electron chi connectivity index (χ0n) is 13.1. The normalized spacial score (nSPS) is 12.0. The van der Waals surface area contributed by atoms with Gasteiger partial charge in [0, 0.05) is 12.0 Å². The minimum atomic E-state index is 0.238. The van der Waals surface area contributed by atoms with E-state index in [-0.39, 0.29) is 5.78 Å². The first kappa shape index (κ1) is 16.5. The van der Waals surface area contributed by atoms with Crippen molar-refractivity contribution in [3.63, 3.8) is 0 Å². The lowest BCUT2D eigenvalue weighted by Gasteiger charge is -2.20. The Labute approximate surface area is 122 Å². The maximum absolute atomic E-state index is 11.2. The topological polar surface area (TPSA) is 35.5 Å². The molecule has 1 atom stereocenters. The minimum Gasteiger partial charge on any atom is -0.494 e. The quantitative estimate of drug-likeness (QED) is 0.673. The summed E-state index contributed by atoms with van der Waals surface area (Å²) >= 11 is 0. The van der Waals surface area contributed by atoms with Crippen LogP contribution in [0.1, 0.15) is 58.4 Å². The molecule has 0 aliphatic rings. The smallest absolute Gasteiger partial charge is 0.129 e. The number of rotatable bonds is 9. The Balaban J connectivity index is 3.00. The molecule has 0 bridgehead atoms. The molecule has 0 fully saturated rings. The molecule has 0 spiro atoms. The number of benzene rings is 1. The highest BCUT2D eigenvalue weighted by Crippen LogP contribution is 2.35. The number of ketones is 1. The summed E-state index contributed by atoms with van der Waals surface area (Å²) in [6, 6.07) is 5.97. The summed E-state index contributed by atoms with van der Waals surface area (Å²) in [5.41, 5.74) is 1.15. The molecule has 3 heteroatoms. The second kappa shape index (κ2) is 8.62. The first-order valence-corrected chi connectivity index (χ1v) is 7.51. The van der Waals surface area contributed by atoms with E-state index >= 15 is 0 Å². The number of Topliss-reactive ketones (excluding diaryl/α,β-unsaturated/α-hetero) is 1. The van der Waals surface area contributed by atoms with E-state index in [0.29, 0.717) is 25.6 Å². The molecule has 0 saturated heterocycles. The van der Waals surface area contributed by atoms with Gasteiger partial charge in [-0.15, -0.1) is 0 Å². The van der Waals surface area contributed by atoms with Crippen LogP contribution in [0.5, 0.6) is 11.5 Å². The van der Waals surface area contributed by atoms with Crippen LogP contribution in [0.4, 0.5) is 0 Å². The van der Waals surface area contributed by atoms with Gasteiger partial charge in [-0.2, -0.15) is 0 Å². The zero-order valence-corrected chi connectivity index (χ0v) is 13.1. The molecular formula is C17H26O3. The van der Waals surface area contributed by atoms with Crippen LogP contribution in [-0.4, -0.2) is 19.0 Å². The van der Waals surface area contributed by atoms with E-state index < -0.39 is 0 Å². The first-order valence-electron chi connectivity index (χ1n) is 7.51. The number of hydrogen-bond acceptors (Lipinski definition) is 3. The van der Waals surface area contributed by atoms with E-state index in [1.54, 1.807) is 6.92 Å². The Morgan fingerprint density at radius 2 is 1.85 bits per heavy atom. The molecule has 0 aliphatic heterocycles. The van der Waals surface area contributed by atoms with Crippen molar-refractivity contribution < 1.29 is 14.3 Å². The van der Waals surface area contributed by atoms with Crippen LogP contribution in [0, 0.1) is 0 Å². The standard InChI is InChI=1S/C17H26O3/c1-5-14(9-8-13(4)18)16-12-15(19-6-2)10-11-17(16)20-7-3/h10-12,14H,5-9H2,1-4H3. The molecule has 3 nitrogen and oxygen atoms in total. The van der Waals surface area contributed by atoms with Crippen molar-refractivity contribution in [3.05, 3.63) is 23.8 Å². The van der Waals surface area contributed by atoms with Gasteiger partial charge in [-0.1, -0.05) is 6.92 Å². The summed E-state index contributed by atoms with van der Waals surface area (Å²) in [7, 11) is 0. The van der Waals surface area contributed by atoms with Gasteiger partial charge in [0.15, 0.2) is 0 Å². The van der Waals surface area contributed by atoms with Gasteiger partial charge in [-0.3, -0.25) is 0 Å². The van der Waals surface area contributed by atoms with Crippen molar-refractivity contribution in [2.24, 2.45) is 0 Å². The Morgan fingerprint density at radius 3 is 2.40 bits per heavy atom. The number of carbonyl (C=O) groups is 1. The molecule has 0 amide bonds. The lowest BCUT2D eigenvalue weighted by atomic mass is 9.90. The summed E-state index contributed by atoms with van der Waals surface area (Å²) in [6.45, 7) is 9.04. The van der Waals surface area contributed by atoms with Crippen LogP contribution in [-0.2, 0) is 4.79 Å². The Kier molecular flexibility index (Phi) is 7.13. The van der Waals surface area contributed by atoms with Crippen molar-refractivity contribution in [1.82, 2.24) is 0 Å². The number of hydrogen-bond donors (Lipinski definition) is 0. The molecular weight excluding hydrogens is 252 g/mol. The third kappa shape index (κ3) is 4.87. The second-order valence-electron chi connectivity index (χ2n) is 4.91. The molecule has 1 aromatic carbocycles. The predicted molar refractivity (Wildman–Crippen MR) is 81.7 cm³/mol. The van der Waals surface area contributed by atoms with Gasteiger partial charge < -0.3 is 14.3 Å². The summed E-state index contributed by atoms with van der Waals surface area (Å²) in [5.74, 6) is 2.35. The largest absolute Gasteiger partial charge is 0.494 e. The van der Waals surface area contributed by atoms with Crippen molar-refractivity contribution in [2.75, 3.05) is 13.2 Å². The zero-order chi connectivity index (χ0) is 15.0. The van der Waals surface area contributed by atoms with Gasteiger partial charge in [-0.25, -0.2) is 0 Å². The minimum absolute atomic E-state index is 0.238. The van der Waals surface area contributed by atoms with E-state index in [0.717, 1.165) is 29.9 Å². The second-order valence-corrected chi connectivity index (χ2v) is 4.91. The molecule has 20 heavy (non-hydrogen) atoms. The fourth-order valence-electron chi connectivity index (χ4n) is 2.35. The molecule has 0 aromatic heterocycles. The third-order valence-corrected chi connectivity index (χ3v) is 3.37. The van der Waals surface area contributed by atoms with Gasteiger partial charge in [-0.05, 0) is 57.7 Å². The summed E-state index contributed by atoms with van der Waals surface area (Å²) in [5, 5.41) is 0. The molecule has 1 unspecified atom stereocenters. The van der Waals surface area contributed by atoms with Gasteiger partial charge >= 0.3 is 0 Å². The molecule has 0 heterocycles. The molecule has 0 N–H and O–H groups in total.